The van der Waals surface area contributed by atoms with Crippen LogP contribution in [0.4, 0.5) is 13.2 Å². The molecule has 0 saturated carbocycles. The minimum atomic E-state index is -4.53. The van der Waals surface area contributed by atoms with Gasteiger partial charge >= 0.3 is 6.18 Å². The second-order valence-corrected chi connectivity index (χ2v) is 11.7. The molecule has 1 aliphatic heterocycles. The van der Waals surface area contributed by atoms with Crippen LogP contribution in [0.2, 0.25) is 0 Å². The van der Waals surface area contributed by atoms with Gasteiger partial charge in [-0.25, -0.2) is 17.9 Å². The molecule has 5 rings (SSSR count). The van der Waals surface area contributed by atoms with Crippen LogP contribution in [0.5, 0.6) is 5.75 Å². The number of methoxy groups -OCH3 is 1. The lowest BCUT2D eigenvalue weighted by Gasteiger charge is -2.18. The standard InChI is InChI=1S/C27H26F3N4O3S/c1-37-24-6-5-21(27(28,29)30)16-23(24)25-22(9-12-34-26(25)31-17-32-34)20-4-3-18-7-10-33(11-8-19(18)15-20)13-14-38(2,35)36/h3-6,9,12,15-16H,7-8,10-11,13-14H2,1-2H3. The highest BCUT2D eigenvalue weighted by atomic mass is 32.2. The van der Waals surface area contributed by atoms with E-state index in [2.05, 4.69) is 27.4 Å². The van der Waals surface area contributed by atoms with Gasteiger partial charge in [0.2, 0.25) is 6.33 Å². The molecule has 7 nitrogen and oxygen atoms in total. The predicted molar refractivity (Wildman–Crippen MR) is 138 cm³/mol. The molecule has 1 radical (unpaired) electrons. The molecule has 38 heavy (non-hydrogen) atoms. The minimum Gasteiger partial charge on any atom is -0.496 e. The van der Waals surface area contributed by atoms with Crippen molar-refractivity contribution in [1.82, 2.24) is 19.5 Å². The van der Waals surface area contributed by atoms with Gasteiger partial charge in [0.15, 0.2) is 5.65 Å². The monoisotopic (exact) mass is 543 g/mol. The molecule has 0 bridgehead atoms. The van der Waals surface area contributed by atoms with Crippen molar-refractivity contribution in [1.29, 1.82) is 0 Å². The summed E-state index contributed by atoms with van der Waals surface area (Å²) < 4.78 is 71.1. The molecule has 0 amide bonds. The van der Waals surface area contributed by atoms with Gasteiger partial charge < -0.3 is 9.64 Å². The van der Waals surface area contributed by atoms with Gasteiger partial charge in [0.25, 0.3) is 0 Å². The van der Waals surface area contributed by atoms with Crippen LogP contribution >= 0.6 is 0 Å². The van der Waals surface area contributed by atoms with Crippen molar-refractivity contribution in [3.8, 4) is 28.0 Å². The van der Waals surface area contributed by atoms with Crippen molar-refractivity contribution in [3.05, 3.63) is 71.7 Å². The Balaban J connectivity index is 1.59. The van der Waals surface area contributed by atoms with Crippen LogP contribution in [0.3, 0.4) is 0 Å². The van der Waals surface area contributed by atoms with E-state index in [4.69, 9.17) is 4.74 Å². The first kappa shape index (κ1) is 26.2. The van der Waals surface area contributed by atoms with E-state index in [-0.39, 0.29) is 17.1 Å². The number of hydrogen-bond donors (Lipinski definition) is 0. The topological polar surface area (TPSA) is 76.8 Å². The summed E-state index contributed by atoms with van der Waals surface area (Å²) in [6.45, 7) is 1.97. The van der Waals surface area contributed by atoms with E-state index in [9.17, 15) is 21.6 Å². The maximum atomic E-state index is 13.7. The Kier molecular flexibility index (Phi) is 6.91. The van der Waals surface area contributed by atoms with Gasteiger partial charge in [0.1, 0.15) is 15.6 Å². The third-order valence-electron chi connectivity index (χ3n) is 6.89. The third kappa shape index (κ3) is 5.39. The van der Waals surface area contributed by atoms with Crippen LogP contribution in [0, 0.1) is 6.33 Å². The Morgan fingerprint density at radius 2 is 1.79 bits per heavy atom. The number of halogens is 3. The number of benzene rings is 2. The van der Waals surface area contributed by atoms with Gasteiger partial charge in [-0.2, -0.15) is 13.2 Å². The van der Waals surface area contributed by atoms with Crippen LogP contribution in [0.1, 0.15) is 16.7 Å². The van der Waals surface area contributed by atoms with E-state index in [0.29, 0.717) is 23.3 Å². The molecule has 0 saturated heterocycles. The molecular formula is C27H26F3N4O3S. The van der Waals surface area contributed by atoms with E-state index >= 15 is 0 Å². The number of rotatable bonds is 6. The molecule has 0 aliphatic carbocycles. The van der Waals surface area contributed by atoms with Crippen molar-refractivity contribution >= 4 is 15.5 Å². The van der Waals surface area contributed by atoms with Gasteiger partial charge in [-0.15, -0.1) is 5.10 Å². The van der Waals surface area contributed by atoms with Gasteiger partial charge in [0.05, 0.1) is 18.4 Å². The van der Waals surface area contributed by atoms with E-state index in [1.54, 1.807) is 12.3 Å². The predicted octanol–water partition coefficient (Wildman–Crippen LogP) is 4.34. The average molecular weight is 544 g/mol. The highest BCUT2D eigenvalue weighted by molar-refractivity contribution is 7.90. The zero-order valence-electron chi connectivity index (χ0n) is 20.9. The molecule has 11 heteroatoms. The van der Waals surface area contributed by atoms with E-state index in [0.717, 1.165) is 49.2 Å². The van der Waals surface area contributed by atoms with E-state index in [1.165, 1.54) is 29.5 Å². The summed E-state index contributed by atoms with van der Waals surface area (Å²) in [5.41, 5.74) is 4.11. The van der Waals surface area contributed by atoms with Gasteiger partial charge in [-0.1, -0.05) is 18.2 Å². The highest BCUT2D eigenvalue weighted by Crippen LogP contribution is 2.43. The van der Waals surface area contributed by atoms with Crippen molar-refractivity contribution in [2.45, 2.75) is 19.0 Å². The van der Waals surface area contributed by atoms with Crippen LogP contribution in [-0.2, 0) is 28.9 Å². The molecule has 1 aliphatic rings. The Morgan fingerprint density at radius 3 is 2.50 bits per heavy atom. The first-order valence-corrected chi connectivity index (χ1v) is 14.1. The fourth-order valence-corrected chi connectivity index (χ4v) is 5.47. The second-order valence-electron chi connectivity index (χ2n) is 9.45. The third-order valence-corrected chi connectivity index (χ3v) is 7.81. The first-order chi connectivity index (χ1) is 18.0. The summed E-state index contributed by atoms with van der Waals surface area (Å²) in [4.78, 5) is 6.39. The number of hydrogen-bond acceptors (Lipinski definition) is 6. The van der Waals surface area contributed by atoms with E-state index < -0.39 is 21.6 Å². The smallest absolute Gasteiger partial charge is 0.416 e. The van der Waals surface area contributed by atoms with Crippen molar-refractivity contribution in [2.75, 3.05) is 38.8 Å². The van der Waals surface area contributed by atoms with Gasteiger partial charge in [-0.3, -0.25) is 0 Å². The summed E-state index contributed by atoms with van der Waals surface area (Å²) in [6, 6.07) is 11.3. The summed E-state index contributed by atoms with van der Waals surface area (Å²) in [5, 5.41) is 4.06. The van der Waals surface area contributed by atoms with Crippen LogP contribution < -0.4 is 4.74 Å². The fourth-order valence-electron chi connectivity index (χ4n) is 4.88. The largest absolute Gasteiger partial charge is 0.496 e. The molecule has 0 N–H and O–H groups in total. The van der Waals surface area contributed by atoms with Gasteiger partial charge in [-0.05, 0) is 59.4 Å². The van der Waals surface area contributed by atoms with Crippen LogP contribution in [-0.4, -0.2) is 66.7 Å². The van der Waals surface area contributed by atoms with Crippen molar-refractivity contribution in [3.63, 3.8) is 0 Å². The number of pyridine rings is 1. The lowest BCUT2D eigenvalue weighted by molar-refractivity contribution is -0.137. The molecule has 3 heterocycles. The molecule has 4 aromatic rings. The zero-order valence-corrected chi connectivity index (χ0v) is 21.7. The Hall–Kier alpha value is -3.44. The molecule has 0 fully saturated rings. The molecule has 199 valence electrons. The number of alkyl halides is 3. The maximum Gasteiger partial charge on any atom is 0.416 e. The summed E-state index contributed by atoms with van der Waals surface area (Å²) in [7, 11) is -1.63. The Morgan fingerprint density at radius 1 is 1.03 bits per heavy atom. The molecular weight excluding hydrogens is 517 g/mol. The molecule has 0 spiro atoms. The number of sulfone groups is 1. The number of nitrogens with zero attached hydrogens (tertiary/aromatic N) is 4. The first-order valence-electron chi connectivity index (χ1n) is 12.1. The fraction of sp³-hybridized carbons (Fsp3) is 0.333. The molecule has 0 atom stereocenters. The second kappa shape index (κ2) is 10.0. The number of fused-ring (bicyclic) bond motifs is 2. The molecule has 0 unspecified atom stereocenters. The van der Waals surface area contributed by atoms with Crippen molar-refractivity contribution in [2.24, 2.45) is 0 Å². The maximum absolute atomic E-state index is 13.7. The van der Waals surface area contributed by atoms with Crippen molar-refractivity contribution < 1.29 is 26.3 Å². The summed E-state index contributed by atoms with van der Waals surface area (Å²) in [5.74, 6) is 0.401. The summed E-state index contributed by atoms with van der Waals surface area (Å²) >= 11 is 0. The molecule has 2 aromatic carbocycles. The number of ether oxygens (including phenoxy) is 1. The Labute approximate surface area is 218 Å². The average Bonchev–Trinajstić information content (AvgIpc) is 3.26. The lowest BCUT2D eigenvalue weighted by Crippen LogP contribution is -2.31. The Bertz CT molecular complexity index is 1600. The zero-order chi connectivity index (χ0) is 27.1. The summed E-state index contributed by atoms with van der Waals surface area (Å²) in [6.07, 6.45) is 2.48. The normalized spacial score (nSPS) is 14.9. The van der Waals surface area contributed by atoms with Gasteiger partial charge in [0, 0.05) is 43.2 Å². The minimum absolute atomic E-state index is 0.117. The lowest BCUT2D eigenvalue weighted by atomic mass is 9.91. The highest BCUT2D eigenvalue weighted by Gasteiger charge is 2.32. The quantitative estimate of drug-likeness (QED) is 0.360. The molecule has 2 aromatic heterocycles. The number of aromatic nitrogens is 3. The van der Waals surface area contributed by atoms with Crippen LogP contribution in [0.25, 0.3) is 27.9 Å². The van der Waals surface area contributed by atoms with Crippen LogP contribution in [0.15, 0.2) is 48.7 Å². The van der Waals surface area contributed by atoms with E-state index in [1.807, 2.05) is 12.1 Å². The SMILES string of the molecule is COc1ccc(C(F)(F)F)cc1-c1c(-c2ccc3c(c2)CCN(CCS(C)(=O)=O)CC3)ccn2n[c]nc12.